The molecule has 3 rings (SSSR count). The van der Waals surface area contributed by atoms with Gasteiger partial charge in [0, 0.05) is 31.5 Å². The Hall–Kier alpha value is -3.32. The van der Waals surface area contributed by atoms with E-state index < -0.39 is 29.0 Å². The predicted octanol–water partition coefficient (Wildman–Crippen LogP) is 3.06. The molecule has 162 valence electrons. The van der Waals surface area contributed by atoms with Crippen LogP contribution in [0.4, 0.5) is 13.2 Å². The van der Waals surface area contributed by atoms with Crippen molar-refractivity contribution in [1.29, 1.82) is 15.8 Å². The summed E-state index contributed by atoms with van der Waals surface area (Å²) in [7, 11) is 1.79. The molecule has 1 aromatic rings. The largest absolute Gasteiger partial charge is 0.416 e. The number of alkyl halides is 3. The van der Waals surface area contributed by atoms with Gasteiger partial charge in [-0.15, -0.1) is 0 Å². The molecule has 0 spiro atoms. The van der Waals surface area contributed by atoms with Crippen LogP contribution in [0.25, 0.3) is 0 Å². The van der Waals surface area contributed by atoms with Crippen molar-refractivity contribution >= 4 is 0 Å². The predicted molar refractivity (Wildman–Crippen MR) is 107 cm³/mol. The molecule has 1 heterocycles. The molecule has 2 atom stereocenters. The molecule has 0 aromatic heterocycles. The number of aliphatic hydroxyl groups is 1. The van der Waals surface area contributed by atoms with E-state index >= 15 is 0 Å². The number of hydrogen-bond donors (Lipinski definition) is 2. The van der Waals surface area contributed by atoms with Crippen LogP contribution < -0.4 is 5.73 Å². The topological polar surface area (TPSA) is 121 Å². The summed E-state index contributed by atoms with van der Waals surface area (Å²) in [5.41, 5.74) is 3.18. The molecule has 0 bridgehead atoms. The maximum atomic E-state index is 13.7. The fourth-order valence-electron chi connectivity index (χ4n) is 4.19. The molecule has 0 radical (unpaired) electrons. The minimum Gasteiger partial charge on any atom is -0.399 e. The summed E-state index contributed by atoms with van der Waals surface area (Å²) in [4.78, 5) is 1.87. The smallest absolute Gasteiger partial charge is 0.399 e. The van der Waals surface area contributed by atoms with Crippen LogP contribution in [-0.2, 0) is 6.18 Å². The average Bonchev–Trinajstić information content (AvgIpc) is 2.73. The van der Waals surface area contributed by atoms with Crippen LogP contribution in [0.5, 0.6) is 0 Å². The van der Waals surface area contributed by atoms with Gasteiger partial charge in [0.2, 0.25) is 0 Å². The first-order valence-electron chi connectivity index (χ1n) is 9.51. The fraction of sp³-hybridized carbons (Fsp3) is 0.409. The first-order chi connectivity index (χ1) is 14.6. The summed E-state index contributed by atoms with van der Waals surface area (Å²) in [5.74, 6) is -1.81. The van der Waals surface area contributed by atoms with Gasteiger partial charge in [-0.1, -0.05) is 24.3 Å². The molecule has 0 saturated carbocycles. The van der Waals surface area contributed by atoms with Crippen LogP contribution in [0.1, 0.15) is 24.0 Å². The Balaban J connectivity index is 0.00000107. The first kappa shape index (κ1) is 24.0. The molecule has 1 aliphatic heterocycles. The second-order valence-electron chi connectivity index (χ2n) is 7.30. The maximum absolute atomic E-state index is 13.7. The van der Waals surface area contributed by atoms with E-state index in [1.807, 2.05) is 23.1 Å². The average molecular weight is 429 g/mol. The van der Waals surface area contributed by atoms with Crippen molar-refractivity contribution in [3.05, 3.63) is 58.3 Å². The molecule has 3 N–H and O–H groups in total. The summed E-state index contributed by atoms with van der Waals surface area (Å²) in [6.07, 6.45) is -2.92. The fourth-order valence-corrected chi connectivity index (χ4v) is 4.19. The Morgan fingerprint density at radius 1 is 1.23 bits per heavy atom. The van der Waals surface area contributed by atoms with Gasteiger partial charge in [-0.25, -0.2) is 0 Å². The van der Waals surface area contributed by atoms with Crippen LogP contribution in [0.15, 0.2) is 47.2 Å². The highest BCUT2D eigenvalue weighted by Gasteiger charge is 2.55. The molecule has 2 aliphatic rings. The molecule has 6 nitrogen and oxygen atoms in total. The Kier molecular flexibility index (Phi) is 7.13. The van der Waals surface area contributed by atoms with Gasteiger partial charge in [-0.2, -0.15) is 29.0 Å². The first-order valence-corrected chi connectivity index (χ1v) is 9.51. The van der Waals surface area contributed by atoms with Gasteiger partial charge in [-0.3, -0.25) is 0 Å². The molecular weight excluding hydrogens is 407 g/mol. The molecular formula is C22H22F3N5O. The number of fused-ring (bicyclic) bond motifs is 1. The number of nitrogens with zero attached hydrogens (tertiary/aromatic N) is 4. The van der Waals surface area contributed by atoms with Crippen LogP contribution in [-0.4, -0.2) is 36.8 Å². The number of aliphatic hydroxyl groups excluding tert-OH is 1. The van der Waals surface area contributed by atoms with Crippen molar-refractivity contribution < 1.29 is 18.3 Å². The zero-order valence-electron chi connectivity index (χ0n) is 17.1. The van der Waals surface area contributed by atoms with Crippen LogP contribution >= 0.6 is 0 Å². The lowest BCUT2D eigenvalue weighted by atomic mass is 9.57. The second kappa shape index (κ2) is 9.22. The molecule has 1 aromatic carbocycles. The lowest BCUT2D eigenvalue weighted by Crippen LogP contribution is -2.47. The standard InChI is InChI=1S/C20H16F3N5.C2H6O/c1-28-7-6-12-14(8-24)18(27)19(10-25,11-26)17(15(12)9-28)13-4-2-3-5-16(13)20(21,22)23;1-2-3/h2-6,15,17H,7,9,27H2,1H3;3H,2H2,1H3/t15?,17-;/m1./s1. The summed E-state index contributed by atoms with van der Waals surface area (Å²) >= 11 is 0. The van der Waals surface area contributed by atoms with Crippen molar-refractivity contribution in [1.82, 2.24) is 4.90 Å². The number of rotatable bonds is 1. The third-order valence-corrected chi connectivity index (χ3v) is 5.45. The summed E-state index contributed by atoms with van der Waals surface area (Å²) in [5, 5.41) is 37.0. The number of likely N-dealkylation sites (N-methyl/N-ethyl adjacent to an activating group) is 1. The van der Waals surface area contributed by atoms with Crippen molar-refractivity contribution in [2.45, 2.75) is 19.0 Å². The van der Waals surface area contributed by atoms with Gasteiger partial charge in [0.1, 0.15) is 6.07 Å². The SMILES string of the molecule is CCO.CN1CC=C2C(C#N)=C(N)C(C#N)(C#N)[C@H](c3ccccc3C(F)(F)F)C2C1. The summed E-state index contributed by atoms with van der Waals surface area (Å²) in [6, 6.07) is 10.6. The molecule has 0 amide bonds. The number of nitrogens with two attached hydrogens (primary N) is 1. The van der Waals surface area contributed by atoms with Gasteiger partial charge in [-0.05, 0) is 31.2 Å². The highest BCUT2D eigenvalue weighted by atomic mass is 19.4. The number of halogens is 3. The van der Waals surface area contributed by atoms with E-state index in [4.69, 9.17) is 10.8 Å². The van der Waals surface area contributed by atoms with E-state index in [0.717, 1.165) is 6.07 Å². The van der Waals surface area contributed by atoms with Gasteiger partial charge >= 0.3 is 6.18 Å². The van der Waals surface area contributed by atoms with Crippen molar-refractivity contribution in [2.75, 3.05) is 26.7 Å². The zero-order valence-corrected chi connectivity index (χ0v) is 17.1. The van der Waals surface area contributed by atoms with E-state index in [0.29, 0.717) is 18.7 Å². The highest BCUT2D eigenvalue weighted by molar-refractivity contribution is 5.60. The molecule has 0 saturated heterocycles. The minimum absolute atomic E-state index is 0.0157. The number of nitriles is 3. The van der Waals surface area contributed by atoms with Gasteiger partial charge in [0.15, 0.2) is 5.41 Å². The second-order valence-corrected chi connectivity index (χ2v) is 7.30. The lowest BCUT2D eigenvalue weighted by Gasteiger charge is -2.45. The molecule has 1 aliphatic carbocycles. The lowest BCUT2D eigenvalue weighted by molar-refractivity contribution is -0.138. The third kappa shape index (κ3) is 4.14. The Morgan fingerprint density at radius 2 is 1.81 bits per heavy atom. The molecule has 9 heteroatoms. The van der Waals surface area contributed by atoms with Gasteiger partial charge in [0.25, 0.3) is 0 Å². The zero-order chi connectivity index (χ0) is 23.4. The number of hydrogen-bond acceptors (Lipinski definition) is 6. The Bertz CT molecular complexity index is 1010. The van der Waals surface area contributed by atoms with E-state index in [1.165, 1.54) is 18.2 Å². The number of benzene rings is 1. The monoisotopic (exact) mass is 429 g/mol. The minimum atomic E-state index is -4.66. The summed E-state index contributed by atoms with van der Waals surface area (Å²) < 4.78 is 41.2. The van der Waals surface area contributed by atoms with Crippen molar-refractivity contribution in [2.24, 2.45) is 17.1 Å². The van der Waals surface area contributed by atoms with E-state index in [-0.39, 0.29) is 23.4 Å². The van der Waals surface area contributed by atoms with Gasteiger partial charge < -0.3 is 15.7 Å². The molecule has 1 unspecified atom stereocenters. The quantitative estimate of drug-likeness (QED) is 0.708. The van der Waals surface area contributed by atoms with Gasteiger partial charge in [0.05, 0.1) is 29.0 Å². The third-order valence-electron chi connectivity index (χ3n) is 5.45. The van der Waals surface area contributed by atoms with E-state index in [1.54, 1.807) is 20.0 Å². The maximum Gasteiger partial charge on any atom is 0.416 e. The van der Waals surface area contributed by atoms with Crippen LogP contribution in [0, 0.1) is 45.3 Å². The Labute approximate surface area is 178 Å². The Morgan fingerprint density at radius 3 is 2.32 bits per heavy atom. The van der Waals surface area contributed by atoms with Crippen LogP contribution in [0.2, 0.25) is 0 Å². The van der Waals surface area contributed by atoms with Crippen molar-refractivity contribution in [3.63, 3.8) is 0 Å². The molecule has 0 fully saturated rings. The summed E-state index contributed by atoms with van der Waals surface area (Å²) in [6.45, 7) is 2.72. The van der Waals surface area contributed by atoms with E-state index in [9.17, 15) is 29.0 Å². The highest BCUT2D eigenvalue weighted by Crippen LogP contribution is 2.55. The van der Waals surface area contributed by atoms with Crippen LogP contribution in [0.3, 0.4) is 0 Å². The van der Waals surface area contributed by atoms with E-state index in [2.05, 4.69) is 0 Å². The normalized spacial score (nSPS) is 22.6. The molecule has 31 heavy (non-hydrogen) atoms. The number of allylic oxidation sites excluding steroid dienone is 2. The van der Waals surface area contributed by atoms with Crippen molar-refractivity contribution in [3.8, 4) is 18.2 Å².